The van der Waals surface area contributed by atoms with Crippen LogP contribution in [0, 0.1) is 0 Å². The third kappa shape index (κ3) is 3.39. The topological polar surface area (TPSA) is 56.7 Å². The fourth-order valence-electron chi connectivity index (χ4n) is 3.29. The number of benzene rings is 1. The minimum absolute atomic E-state index is 0.463. The summed E-state index contributed by atoms with van der Waals surface area (Å²) in [5, 5.41) is 0.969. The maximum atomic E-state index is 5.83. The SMILES string of the molecule is CCC1=C(C)CCN1c1ncnc2cc(OC)c(OCCOC)cc12. The van der Waals surface area contributed by atoms with Gasteiger partial charge in [0.2, 0.25) is 0 Å². The summed E-state index contributed by atoms with van der Waals surface area (Å²) in [7, 11) is 3.29. The van der Waals surface area contributed by atoms with Gasteiger partial charge in [-0.2, -0.15) is 0 Å². The normalized spacial score (nSPS) is 14.5. The molecule has 2 aromatic rings. The Bertz CT molecular complexity index is 789. The van der Waals surface area contributed by atoms with Crippen molar-refractivity contribution in [1.82, 2.24) is 9.97 Å². The molecular weight excluding hydrogens is 318 g/mol. The summed E-state index contributed by atoms with van der Waals surface area (Å²) in [4.78, 5) is 11.3. The summed E-state index contributed by atoms with van der Waals surface area (Å²) in [6.07, 6.45) is 3.68. The number of hydrogen-bond acceptors (Lipinski definition) is 6. The average Bonchev–Trinajstić information content (AvgIpc) is 3.01. The number of fused-ring (bicyclic) bond motifs is 1. The maximum absolute atomic E-state index is 5.83. The Kier molecular flexibility index (Phi) is 5.38. The lowest BCUT2D eigenvalue weighted by Crippen LogP contribution is -2.20. The molecule has 0 aliphatic carbocycles. The molecule has 25 heavy (non-hydrogen) atoms. The van der Waals surface area contributed by atoms with E-state index < -0.39 is 0 Å². The quantitative estimate of drug-likeness (QED) is 0.717. The Morgan fingerprint density at radius 1 is 1.12 bits per heavy atom. The second-order valence-corrected chi connectivity index (χ2v) is 6.04. The molecule has 1 aromatic carbocycles. The van der Waals surface area contributed by atoms with Gasteiger partial charge in [0.1, 0.15) is 18.8 Å². The van der Waals surface area contributed by atoms with Crippen LogP contribution in [0.15, 0.2) is 29.7 Å². The third-order valence-corrected chi connectivity index (χ3v) is 4.56. The van der Waals surface area contributed by atoms with Gasteiger partial charge >= 0.3 is 0 Å². The molecule has 134 valence electrons. The van der Waals surface area contributed by atoms with Crippen LogP contribution in [0.4, 0.5) is 5.82 Å². The van der Waals surface area contributed by atoms with Crippen molar-refractivity contribution in [1.29, 1.82) is 0 Å². The smallest absolute Gasteiger partial charge is 0.162 e. The van der Waals surface area contributed by atoms with Gasteiger partial charge in [-0.1, -0.05) is 12.5 Å². The van der Waals surface area contributed by atoms with Crippen molar-refractivity contribution in [2.75, 3.05) is 38.9 Å². The Labute approximate surface area is 148 Å². The van der Waals surface area contributed by atoms with Crippen molar-refractivity contribution in [3.05, 3.63) is 29.7 Å². The van der Waals surface area contributed by atoms with Crippen molar-refractivity contribution < 1.29 is 14.2 Å². The van der Waals surface area contributed by atoms with Crippen molar-refractivity contribution >= 4 is 16.7 Å². The Morgan fingerprint density at radius 3 is 2.68 bits per heavy atom. The van der Waals surface area contributed by atoms with E-state index in [0.29, 0.717) is 24.7 Å². The second kappa shape index (κ2) is 7.70. The van der Waals surface area contributed by atoms with Gasteiger partial charge in [0, 0.05) is 30.8 Å². The molecule has 0 bridgehead atoms. The van der Waals surface area contributed by atoms with E-state index in [0.717, 1.165) is 36.1 Å². The van der Waals surface area contributed by atoms with Gasteiger partial charge in [-0.15, -0.1) is 0 Å². The van der Waals surface area contributed by atoms with E-state index in [1.165, 1.54) is 11.3 Å². The molecule has 0 spiro atoms. The van der Waals surface area contributed by atoms with Crippen LogP contribution in [-0.2, 0) is 4.74 Å². The summed E-state index contributed by atoms with van der Waals surface area (Å²) in [6, 6.07) is 3.88. The fourth-order valence-corrected chi connectivity index (χ4v) is 3.29. The molecule has 0 saturated heterocycles. The highest BCUT2D eigenvalue weighted by Gasteiger charge is 2.23. The van der Waals surface area contributed by atoms with E-state index >= 15 is 0 Å². The van der Waals surface area contributed by atoms with Gasteiger partial charge in [0.15, 0.2) is 11.5 Å². The molecular formula is C19H25N3O3. The first-order valence-corrected chi connectivity index (χ1v) is 8.60. The van der Waals surface area contributed by atoms with Gasteiger partial charge in [-0.3, -0.25) is 0 Å². The third-order valence-electron chi connectivity index (χ3n) is 4.56. The zero-order valence-electron chi connectivity index (χ0n) is 15.3. The molecule has 0 amide bonds. The lowest BCUT2D eigenvalue weighted by Gasteiger charge is -2.22. The number of hydrogen-bond donors (Lipinski definition) is 0. The lowest BCUT2D eigenvalue weighted by atomic mass is 10.1. The minimum atomic E-state index is 0.463. The predicted octanol–water partition coefficient (Wildman–Crippen LogP) is 3.56. The largest absolute Gasteiger partial charge is 0.493 e. The zero-order valence-corrected chi connectivity index (χ0v) is 15.3. The van der Waals surface area contributed by atoms with Crippen LogP contribution >= 0.6 is 0 Å². The molecule has 0 unspecified atom stereocenters. The number of rotatable bonds is 7. The second-order valence-electron chi connectivity index (χ2n) is 6.04. The van der Waals surface area contributed by atoms with Gasteiger partial charge in [0.25, 0.3) is 0 Å². The van der Waals surface area contributed by atoms with Crippen LogP contribution < -0.4 is 14.4 Å². The molecule has 1 aliphatic heterocycles. The number of aromatic nitrogens is 2. The van der Waals surface area contributed by atoms with Crippen LogP contribution in [0.1, 0.15) is 26.7 Å². The van der Waals surface area contributed by atoms with Crippen LogP contribution in [0.25, 0.3) is 10.9 Å². The fraction of sp³-hybridized carbons (Fsp3) is 0.474. The zero-order chi connectivity index (χ0) is 17.8. The molecule has 3 rings (SSSR count). The molecule has 0 radical (unpaired) electrons. The van der Waals surface area contributed by atoms with Crippen LogP contribution in [0.3, 0.4) is 0 Å². The van der Waals surface area contributed by atoms with E-state index in [-0.39, 0.29) is 0 Å². The molecule has 0 fully saturated rings. The van der Waals surface area contributed by atoms with Crippen LogP contribution in [0.2, 0.25) is 0 Å². The Hall–Kier alpha value is -2.34. The van der Waals surface area contributed by atoms with Gasteiger partial charge in [0.05, 0.1) is 19.2 Å². The highest BCUT2D eigenvalue weighted by atomic mass is 16.5. The van der Waals surface area contributed by atoms with Crippen LogP contribution in [0.5, 0.6) is 11.5 Å². The van der Waals surface area contributed by atoms with Crippen molar-refractivity contribution in [3.63, 3.8) is 0 Å². The summed E-state index contributed by atoms with van der Waals surface area (Å²) in [6.45, 7) is 6.32. The first-order chi connectivity index (χ1) is 12.2. The lowest BCUT2D eigenvalue weighted by molar-refractivity contribution is 0.144. The van der Waals surface area contributed by atoms with E-state index in [4.69, 9.17) is 14.2 Å². The number of allylic oxidation sites excluding steroid dienone is 1. The highest BCUT2D eigenvalue weighted by molar-refractivity contribution is 5.92. The molecule has 1 aliphatic rings. The van der Waals surface area contributed by atoms with Gasteiger partial charge in [-0.25, -0.2) is 9.97 Å². The number of anilines is 1. The summed E-state index contributed by atoms with van der Waals surface area (Å²) in [5.41, 5.74) is 3.62. The molecule has 1 aromatic heterocycles. The van der Waals surface area contributed by atoms with Gasteiger partial charge < -0.3 is 19.1 Å². The van der Waals surface area contributed by atoms with E-state index in [2.05, 4.69) is 28.7 Å². The standard InChI is InChI=1S/C19H25N3O3/c1-5-16-13(2)6-7-22(16)19-14-10-18(25-9-8-23-3)17(24-4)11-15(14)20-12-21-19/h10-12H,5-9H2,1-4H3. The van der Waals surface area contributed by atoms with E-state index in [9.17, 15) is 0 Å². The Morgan fingerprint density at radius 2 is 1.96 bits per heavy atom. The minimum Gasteiger partial charge on any atom is -0.493 e. The predicted molar refractivity (Wildman–Crippen MR) is 98.4 cm³/mol. The molecule has 0 saturated carbocycles. The summed E-state index contributed by atoms with van der Waals surface area (Å²) >= 11 is 0. The Balaban J connectivity index is 2.06. The first kappa shape index (κ1) is 17.5. The number of ether oxygens (including phenoxy) is 3. The van der Waals surface area contributed by atoms with Crippen LogP contribution in [-0.4, -0.2) is 43.9 Å². The first-order valence-electron chi connectivity index (χ1n) is 8.60. The van der Waals surface area contributed by atoms with E-state index in [1.54, 1.807) is 20.5 Å². The van der Waals surface area contributed by atoms with Crippen molar-refractivity contribution in [2.45, 2.75) is 26.7 Å². The molecule has 6 nitrogen and oxygen atoms in total. The molecule has 6 heteroatoms. The monoisotopic (exact) mass is 343 g/mol. The summed E-state index contributed by atoms with van der Waals surface area (Å²) in [5.74, 6) is 2.27. The maximum Gasteiger partial charge on any atom is 0.162 e. The van der Waals surface area contributed by atoms with E-state index in [1.807, 2.05) is 12.1 Å². The number of methoxy groups -OCH3 is 2. The van der Waals surface area contributed by atoms with Crippen molar-refractivity contribution in [2.24, 2.45) is 0 Å². The molecule has 0 atom stereocenters. The molecule has 0 N–H and O–H groups in total. The average molecular weight is 343 g/mol. The number of nitrogens with zero attached hydrogens (tertiary/aromatic N) is 3. The molecule has 2 heterocycles. The highest BCUT2D eigenvalue weighted by Crippen LogP contribution is 2.38. The summed E-state index contributed by atoms with van der Waals surface area (Å²) < 4.78 is 16.4. The van der Waals surface area contributed by atoms with Crippen molar-refractivity contribution in [3.8, 4) is 11.5 Å². The van der Waals surface area contributed by atoms with Gasteiger partial charge in [-0.05, 0) is 25.8 Å².